The number of ether oxygens (including phenoxy) is 3. The van der Waals surface area contributed by atoms with Crippen molar-refractivity contribution in [3.8, 4) is 11.6 Å². The van der Waals surface area contributed by atoms with E-state index < -0.39 is 0 Å². The summed E-state index contributed by atoms with van der Waals surface area (Å²) in [6.45, 7) is 1.84. The Morgan fingerprint density at radius 3 is 2.73 bits per heavy atom. The molecular weight excluding hydrogens is 332 g/mol. The molecule has 2 rings (SSSR count). The summed E-state index contributed by atoms with van der Waals surface area (Å²) >= 11 is 0. The molecule has 140 valence electrons. The number of benzene rings is 1. The molecule has 2 N–H and O–H groups in total. The second-order valence-corrected chi connectivity index (χ2v) is 5.44. The van der Waals surface area contributed by atoms with Crippen LogP contribution in [0.3, 0.4) is 0 Å². The Labute approximate surface area is 154 Å². The van der Waals surface area contributed by atoms with Gasteiger partial charge < -0.3 is 24.8 Å². The molecule has 0 aliphatic carbocycles. The van der Waals surface area contributed by atoms with Crippen LogP contribution in [-0.4, -0.2) is 45.4 Å². The fourth-order valence-corrected chi connectivity index (χ4v) is 2.22. The van der Waals surface area contributed by atoms with Gasteiger partial charge >= 0.3 is 0 Å². The van der Waals surface area contributed by atoms with Crippen LogP contribution in [0.15, 0.2) is 47.5 Å². The SMILES string of the molecule is CN=C(NCc1cccc(OC)n1)Nc1cccc(OCCCOC)c1. The van der Waals surface area contributed by atoms with Crippen LogP contribution in [0, 0.1) is 0 Å². The Hall–Kier alpha value is -2.80. The molecule has 7 heteroatoms. The van der Waals surface area contributed by atoms with Crippen LogP contribution in [0.5, 0.6) is 11.6 Å². The first-order valence-corrected chi connectivity index (χ1v) is 8.44. The third-order valence-electron chi connectivity index (χ3n) is 3.51. The highest BCUT2D eigenvalue weighted by atomic mass is 16.5. The third kappa shape index (κ3) is 6.60. The summed E-state index contributed by atoms with van der Waals surface area (Å²) in [6.07, 6.45) is 0.852. The zero-order valence-electron chi connectivity index (χ0n) is 15.5. The summed E-state index contributed by atoms with van der Waals surface area (Å²) in [5.74, 6) is 2.03. The van der Waals surface area contributed by atoms with E-state index >= 15 is 0 Å². The minimum Gasteiger partial charge on any atom is -0.493 e. The van der Waals surface area contributed by atoms with E-state index in [4.69, 9.17) is 14.2 Å². The summed E-state index contributed by atoms with van der Waals surface area (Å²) in [7, 11) is 5.01. The van der Waals surface area contributed by atoms with E-state index in [0.29, 0.717) is 31.6 Å². The zero-order chi connectivity index (χ0) is 18.6. The lowest BCUT2D eigenvalue weighted by Crippen LogP contribution is -2.30. The lowest BCUT2D eigenvalue weighted by atomic mass is 10.3. The van der Waals surface area contributed by atoms with Gasteiger partial charge in [0.1, 0.15) is 5.75 Å². The summed E-state index contributed by atoms with van der Waals surface area (Å²) < 4.78 is 15.9. The van der Waals surface area contributed by atoms with Crippen LogP contribution in [0.25, 0.3) is 0 Å². The van der Waals surface area contributed by atoms with Crippen molar-refractivity contribution in [2.75, 3.05) is 39.8 Å². The van der Waals surface area contributed by atoms with Crippen molar-refractivity contribution in [2.45, 2.75) is 13.0 Å². The molecule has 1 aromatic heterocycles. The van der Waals surface area contributed by atoms with Crippen LogP contribution >= 0.6 is 0 Å². The number of guanidine groups is 1. The monoisotopic (exact) mass is 358 g/mol. The molecule has 0 aliphatic rings. The highest BCUT2D eigenvalue weighted by Gasteiger charge is 2.03. The summed E-state index contributed by atoms with van der Waals surface area (Å²) in [4.78, 5) is 8.60. The Bertz CT molecular complexity index is 707. The Balaban J connectivity index is 1.88. The third-order valence-corrected chi connectivity index (χ3v) is 3.51. The van der Waals surface area contributed by atoms with Crippen molar-refractivity contribution in [1.29, 1.82) is 0 Å². The average molecular weight is 358 g/mol. The molecule has 26 heavy (non-hydrogen) atoms. The van der Waals surface area contributed by atoms with Crippen LogP contribution in [0.2, 0.25) is 0 Å². The second kappa shape index (κ2) is 10.9. The van der Waals surface area contributed by atoms with Gasteiger partial charge in [0.25, 0.3) is 0 Å². The van der Waals surface area contributed by atoms with Crippen LogP contribution in [-0.2, 0) is 11.3 Å². The molecule has 0 bridgehead atoms. The molecule has 1 aromatic carbocycles. The molecule has 0 radical (unpaired) electrons. The van der Waals surface area contributed by atoms with E-state index in [1.54, 1.807) is 21.3 Å². The maximum absolute atomic E-state index is 5.71. The van der Waals surface area contributed by atoms with Crippen molar-refractivity contribution in [3.05, 3.63) is 48.2 Å². The van der Waals surface area contributed by atoms with Gasteiger partial charge in [0.2, 0.25) is 5.88 Å². The molecule has 0 fully saturated rings. The van der Waals surface area contributed by atoms with Crippen molar-refractivity contribution in [2.24, 2.45) is 4.99 Å². The van der Waals surface area contributed by atoms with Gasteiger partial charge in [-0.1, -0.05) is 12.1 Å². The van der Waals surface area contributed by atoms with Crippen LogP contribution in [0.4, 0.5) is 5.69 Å². The highest BCUT2D eigenvalue weighted by Crippen LogP contribution is 2.17. The number of nitrogens with zero attached hydrogens (tertiary/aromatic N) is 2. The first-order chi connectivity index (χ1) is 12.7. The number of nitrogens with one attached hydrogen (secondary N) is 2. The van der Waals surface area contributed by atoms with Gasteiger partial charge in [0.05, 0.1) is 26.0 Å². The number of aromatic nitrogens is 1. The quantitative estimate of drug-likeness (QED) is 0.408. The molecule has 0 saturated carbocycles. The van der Waals surface area contributed by atoms with Crippen LogP contribution in [0.1, 0.15) is 12.1 Å². The van der Waals surface area contributed by atoms with Crippen molar-refractivity contribution < 1.29 is 14.2 Å². The number of methoxy groups -OCH3 is 2. The van der Waals surface area contributed by atoms with E-state index in [0.717, 1.165) is 23.6 Å². The zero-order valence-corrected chi connectivity index (χ0v) is 15.5. The minimum atomic E-state index is 0.532. The van der Waals surface area contributed by atoms with E-state index in [1.165, 1.54) is 0 Å². The standard InChI is InChI=1S/C19H26N4O3/c1-20-19(21-14-16-8-5-10-18(22-16)25-3)23-15-7-4-9-17(13-15)26-12-6-11-24-2/h4-5,7-10,13H,6,11-12,14H2,1-3H3,(H2,20,21,23). The number of rotatable bonds is 9. The molecule has 2 aromatic rings. The number of hydrogen-bond donors (Lipinski definition) is 2. The topological polar surface area (TPSA) is 77.0 Å². The van der Waals surface area contributed by atoms with Gasteiger partial charge in [-0.15, -0.1) is 0 Å². The molecule has 0 atom stereocenters. The van der Waals surface area contributed by atoms with E-state index in [9.17, 15) is 0 Å². The lowest BCUT2D eigenvalue weighted by molar-refractivity contribution is 0.172. The molecule has 1 heterocycles. The smallest absolute Gasteiger partial charge is 0.213 e. The lowest BCUT2D eigenvalue weighted by Gasteiger charge is -2.13. The largest absolute Gasteiger partial charge is 0.493 e. The summed E-state index contributed by atoms with van der Waals surface area (Å²) in [5.41, 5.74) is 1.75. The number of aliphatic imine (C=N–C) groups is 1. The van der Waals surface area contributed by atoms with E-state index in [-0.39, 0.29) is 0 Å². The molecule has 0 unspecified atom stereocenters. The van der Waals surface area contributed by atoms with Gasteiger partial charge in [0.15, 0.2) is 5.96 Å². The van der Waals surface area contributed by atoms with E-state index in [1.807, 2.05) is 42.5 Å². The van der Waals surface area contributed by atoms with Gasteiger partial charge in [0, 0.05) is 45.0 Å². The van der Waals surface area contributed by atoms with Gasteiger partial charge in [-0.05, 0) is 18.2 Å². The maximum Gasteiger partial charge on any atom is 0.213 e. The number of pyridine rings is 1. The predicted octanol–water partition coefficient (Wildman–Crippen LogP) is 2.69. The van der Waals surface area contributed by atoms with Crippen molar-refractivity contribution in [1.82, 2.24) is 10.3 Å². The molecule has 0 spiro atoms. The van der Waals surface area contributed by atoms with Crippen LogP contribution < -0.4 is 20.1 Å². The summed E-state index contributed by atoms with van der Waals surface area (Å²) in [5, 5.41) is 6.47. The van der Waals surface area contributed by atoms with Gasteiger partial charge in [-0.2, -0.15) is 0 Å². The van der Waals surface area contributed by atoms with Crippen molar-refractivity contribution >= 4 is 11.6 Å². The summed E-state index contributed by atoms with van der Waals surface area (Å²) in [6, 6.07) is 13.4. The molecule has 0 amide bonds. The number of hydrogen-bond acceptors (Lipinski definition) is 5. The highest BCUT2D eigenvalue weighted by molar-refractivity contribution is 5.93. The fraction of sp³-hybridized carbons (Fsp3) is 0.368. The molecular formula is C19H26N4O3. The normalized spacial score (nSPS) is 11.1. The number of anilines is 1. The minimum absolute atomic E-state index is 0.532. The molecule has 7 nitrogen and oxygen atoms in total. The Kier molecular flexibility index (Phi) is 8.21. The average Bonchev–Trinajstić information content (AvgIpc) is 2.69. The fourth-order valence-electron chi connectivity index (χ4n) is 2.22. The molecule has 0 saturated heterocycles. The Morgan fingerprint density at radius 1 is 1.12 bits per heavy atom. The van der Waals surface area contributed by atoms with Crippen molar-refractivity contribution in [3.63, 3.8) is 0 Å². The Morgan fingerprint density at radius 2 is 1.96 bits per heavy atom. The molecule has 0 aliphatic heterocycles. The predicted molar refractivity (Wildman–Crippen MR) is 103 cm³/mol. The maximum atomic E-state index is 5.71. The second-order valence-electron chi connectivity index (χ2n) is 5.44. The first-order valence-electron chi connectivity index (χ1n) is 8.44. The first kappa shape index (κ1) is 19.5. The van der Waals surface area contributed by atoms with Gasteiger partial charge in [-0.25, -0.2) is 4.98 Å². The van der Waals surface area contributed by atoms with E-state index in [2.05, 4.69) is 20.6 Å². The van der Waals surface area contributed by atoms with Gasteiger partial charge in [-0.3, -0.25) is 4.99 Å².